The van der Waals surface area contributed by atoms with Crippen molar-refractivity contribution >= 4 is 21.8 Å². The van der Waals surface area contributed by atoms with Gasteiger partial charge in [0.25, 0.3) is 0 Å². The zero-order valence-electron chi connectivity index (χ0n) is 9.75. The van der Waals surface area contributed by atoms with Gasteiger partial charge in [-0.15, -0.1) is 0 Å². The Morgan fingerprint density at radius 3 is 2.50 bits per heavy atom. The summed E-state index contributed by atoms with van der Waals surface area (Å²) in [5.41, 5.74) is 1.15. The molecule has 0 bridgehead atoms. The standard InChI is InChI=1S/C12H17BrN2O/c1-8(15-9(2)12(16)14-3)10-6-4-5-7-11(10)13/h4-9,15H,1-3H3,(H,14,16)/t8-,9?/m1/s1. The fourth-order valence-electron chi connectivity index (χ4n) is 1.58. The van der Waals surface area contributed by atoms with Crippen molar-refractivity contribution in [2.45, 2.75) is 25.9 Å². The van der Waals surface area contributed by atoms with Crippen LogP contribution in [0.5, 0.6) is 0 Å². The molecule has 0 aliphatic heterocycles. The zero-order valence-corrected chi connectivity index (χ0v) is 11.3. The van der Waals surface area contributed by atoms with E-state index in [0.717, 1.165) is 10.0 Å². The number of nitrogens with one attached hydrogen (secondary N) is 2. The summed E-state index contributed by atoms with van der Waals surface area (Å²) < 4.78 is 1.05. The molecular formula is C12H17BrN2O. The van der Waals surface area contributed by atoms with Crippen LogP contribution in [0.4, 0.5) is 0 Å². The van der Waals surface area contributed by atoms with E-state index in [2.05, 4.69) is 26.6 Å². The summed E-state index contributed by atoms with van der Waals surface area (Å²) in [6.07, 6.45) is 0. The molecule has 1 rings (SSSR count). The monoisotopic (exact) mass is 284 g/mol. The van der Waals surface area contributed by atoms with Crippen LogP contribution in [0.3, 0.4) is 0 Å². The molecule has 0 heterocycles. The van der Waals surface area contributed by atoms with Gasteiger partial charge in [-0.25, -0.2) is 0 Å². The van der Waals surface area contributed by atoms with Gasteiger partial charge in [0.15, 0.2) is 0 Å². The highest BCUT2D eigenvalue weighted by molar-refractivity contribution is 9.10. The molecule has 2 atom stereocenters. The van der Waals surface area contributed by atoms with Crippen molar-refractivity contribution in [2.24, 2.45) is 0 Å². The van der Waals surface area contributed by atoms with Gasteiger partial charge >= 0.3 is 0 Å². The van der Waals surface area contributed by atoms with Crippen LogP contribution in [0.25, 0.3) is 0 Å². The molecule has 0 aromatic heterocycles. The Kier molecular flexibility index (Phi) is 4.96. The Hall–Kier alpha value is -0.870. The van der Waals surface area contributed by atoms with Gasteiger partial charge < -0.3 is 5.32 Å². The number of likely N-dealkylation sites (N-methyl/N-ethyl adjacent to an activating group) is 1. The second kappa shape index (κ2) is 6.01. The minimum absolute atomic E-state index is 0.00102. The molecule has 0 saturated carbocycles. The molecule has 1 amide bonds. The zero-order chi connectivity index (χ0) is 12.1. The molecular weight excluding hydrogens is 268 g/mol. The first kappa shape index (κ1) is 13.2. The second-order valence-corrected chi connectivity index (χ2v) is 4.60. The molecule has 16 heavy (non-hydrogen) atoms. The fourth-order valence-corrected chi connectivity index (χ4v) is 2.21. The number of hydrogen-bond donors (Lipinski definition) is 2. The summed E-state index contributed by atoms with van der Waals surface area (Å²) in [4.78, 5) is 11.4. The summed E-state index contributed by atoms with van der Waals surface area (Å²) in [5.74, 6) is -0.00102. The summed E-state index contributed by atoms with van der Waals surface area (Å²) in [6, 6.07) is 7.93. The Bertz CT molecular complexity index is 368. The average Bonchev–Trinajstić information content (AvgIpc) is 2.28. The van der Waals surface area contributed by atoms with Crippen molar-refractivity contribution in [3.63, 3.8) is 0 Å². The van der Waals surface area contributed by atoms with E-state index >= 15 is 0 Å². The number of benzene rings is 1. The second-order valence-electron chi connectivity index (χ2n) is 3.75. The largest absolute Gasteiger partial charge is 0.358 e. The van der Waals surface area contributed by atoms with Gasteiger partial charge in [0.1, 0.15) is 0 Å². The lowest BCUT2D eigenvalue weighted by atomic mass is 10.1. The minimum Gasteiger partial charge on any atom is -0.358 e. The number of carbonyl (C=O) groups is 1. The predicted molar refractivity (Wildman–Crippen MR) is 69.2 cm³/mol. The Morgan fingerprint density at radius 2 is 1.94 bits per heavy atom. The molecule has 0 aliphatic rings. The summed E-state index contributed by atoms with van der Waals surface area (Å²) >= 11 is 3.50. The number of hydrogen-bond acceptors (Lipinski definition) is 2. The first-order valence-corrected chi connectivity index (χ1v) is 6.07. The first-order valence-electron chi connectivity index (χ1n) is 5.28. The Labute approximate surface area is 105 Å². The SMILES string of the molecule is CNC(=O)C(C)N[C@H](C)c1ccccc1Br. The van der Waals surface area contributed by atoms with Gasteiger partial charge in [0.2, 0.25) is 5.91 Å². The topological polar surface area (TPSA) is 41.1 Å². The lowest BCUT2D eigenvalue weighted by molar-refractivity contribution is -0.122. The van der Waals surface area contributed by atoms with Gasteiger partial charge in [0.05, 0.1) is 6.04 Å². The van der Waals surface area contributed by atoms with Crippen LogP contribution in [-0.2, 0) is 4.79 Å². The van der Waals surface area contributed by atoms with E-state index in [9.17, 15) is 4.79 Å². The summed E-state index contributed by atoms with van der Waals surface area (Å²) in [7, 11) is 1.64. The highest BCUT2D eigenvalue weighted by atomic mass is 79.9. The molecule has 0 fully saturated rings. The normalized spacial score (nSPS) is 14.2. The Morgan fingerprint density at radius 1 is 1.31 bits per heavy atom. The van der Waals surface area contributed by atoms with Crippen LogP contribution in [0.2, 0.25) is 0 Å². The molecule has 0 aliphatic carbocycles. The van der Waals surface area contributed by atoms with Crippen molar-refractivity contribution in [1.29, 1.82) is 0 Å². The van der Waals surface area contributed by atoms with Crippen LogP contribution >= 0.6 is 15.9 Å². The third-order valence-electron chi connectivity index (χ3n) is 2.51. The summed E-state index contributed by atoms with van der Waals surface area (Å²) in [5, 5.41) is 5.87. The molecule has 0 saturated heterocycles. The fraction of sp³-hybridized carbons (Fsp3) is 0.417. The molecule has 4 heteroatoms. The van der Waals surface area contributed by atoms with E-state index < -0.39 is 0 Å². The number of carbonyl (C=O) groups excluding carboxylic acids is 1. The lowest BCUT2D eigenvalue weighted by Crippen LogP contribution is -2.41. The van der Waals surface area contributed by atoms with Gasteiger partial charge in [-0.2, -0.15) is 0 Å². The minimum atomic E-state index is -0.202. The van der Waals surface area contributed by atoms with Crippen molar-refractivity contribution in [1.82, 2.24) is 10.6 Å². The molecule has 0 spiro atoms. The third kappa shape index (κ3) is 3.32. The average molecular weight is 285 g/mol. The maximum Gasteiger partial charge on any atom is 0.236 e. The van der Waals surface area contributed by atoms with E-state index in [-0.39, 0.29) is 18.0 Å². The molecule has 1 aromatic carbocycles. The van der Waals surface area contributed by atoms with E-state index in [1.165, 1.54) is 0 Å². The lowest BCUT2D eigenvalue weighted by Gasteiger charge is -2.20. The van der Waals surface area contributed by atoms with Crippen LogP contribution < -0.4 is 10.6 Å². The predicted octanol–water partition coefficient (Wildman–Crippen LogP) is 2.23. The van der Waals surface area contributed by atoms with Crippen LogP contribution in [0.15, 0.2) is 28.7 Å². The van der Waals surface area contributed by atoms with Gasteiger partial charge in [-0.3, -0.25) is 10.1 Å². The first-order chi connectivity index (χ1) is 7.56. The van der Waals surface area contributed by atoms with E-state index in [1.54, 1.807) is 7.05 Å². The van der Waals surface area contributed by atoms with Gasteiger partial charge in [-0.1, -0.05) is 34.1 Å². The summed E-state index contributed by atoms with van der Waals surface area (Å²) in [6.45, 7) is 3.89. The molecule has 1 aromatic rings. The van der Waals surface area contributed by atoms with Crippen molar-refractivity contribution in [3.8, 4) is 0 Å². The van der Waals surface area contributed by atoms with Crippen LogP contribution in [-0.4, -0.2) is 19.0 Å². The van der Waals surface area contributed by atoms with Crippen molar-refractivity contribution in [2.75, 3.05) is 7.05 Å². The molecule has 3 nitrogen and oxygen atoms in total. The molecule has 1 unspecified atom stereocenters. The van der Waals surface area contributed by atoms with Crippen molar-refractivity contribution in [3.05, 3.63) is 34.3 Å². The molecule has 2 N–H and O–H groups in total. The Balaban J connectivity index is 2.69. The number of halogens is 1. The maximum absolute atomic E-state index is 11.4. The maximum atomic E-state index is 11.4. The van der Waals surface area contributed by atoms with E-state index in [4.69, 9.17) is 0 Å². The van der Waals surface area contributed by atoms with Gasteiger partial charge in [-0.05, 0) is 25.5 Å². The van der Waals surface area contributed by atoms with Crippen LogP contribution in [0, 0.1) is 0 Å². The molecule has 88 valence electrons. The smallest absolute Gasteiger partial charge is 0.236 e. The number of amides is 1. The third-order valence-corrected chi connectivity index (χ3v) is 3.23. The quantitative estimate of drug-likeness (QED) is 0.890. The van der Waals surface area contributed by atoms with E-state index in [0.29, 0.717) is 0 Å². The highest BCUT2D eigenvalue weighted by Gasteiger charge is 2.15. The van der Waals surface area contributed by atoms with E-state index in [1.807, 2.05) is 38.1 Å². The van der Waals surface area contributed by atoms with Crippen molar-refractivity contribution < 1.29 is 4.79 Å². The molecule has 0 radical (unpaired) electrons. The highest BCUT2D eigenvalue weighted by Crippen LogP contribution is 2.22. The van der Waals surface area contributed by atoms with Gasteiger partial charge in [0, 0.05) is 17.6 Å². The van der Waals surface area contributed by atoms with Crippen LogP contribution in [0.1, 0.15) is 25.5 Å². The number of rotatable bonds is 4.